The summed E-state index contributed by atoms with van der Waals surface area (Å²) < 4.78 is 24.7. The molecule has 1 N–H and O–H groups in total. The number of carbonyl (C=O) groups excluding carboxylic acids is 2. The largest absolute Gasteiger partial charge is 0.395 e. The van der Waals surface area contributed by atoms with Crippen molar-refractivity contribution in [2.75, 3.05) is 33.3 Å². The van der Waals surface area contributed by atoms with Crippen LogP contribution in [0, 0.1) is 0 Å². The highest BCUT2D eigenvalue weighted by Gasteiger charge is 2.21. The van der Waals surface area contributed by atoms with Crippen LogP contribution in [0.25, 0.3) is 0 Å². The lowest BCUT2D eigenvalue weighted by molar-refractivity contribution is -0.134. The molecule has 0 saturated carbocycles. The molecule has 0 aliphatic heterocycles. The number of likely N-dealkylation sites (N-methyl/N-ethyl adjacent to an activating group) is 1. The third kappa shape index (κ3) is 4.86. The Balaban J connectivity index is 2.60. The van der Waals surface area contributed by atoms with Gasteiger partial charge in [-0.2, -0.15) is 0 Å². The lowest BCUT2D eigenvalue weighted by atomic mass is 10.3. The van der Waals surface area contributed by atoms with E-state index >= 15 is 0 Å². The third-order valence-corrected chi connectivity index (χ3v) is 3.39. The van der Waals surface area contributed by atoms with Gasteiger partial charge in [-0.05, 0) is 11.4 Å². The van der Waals surface area contributed by atoms with Crippen LogP contribution in [0.4, 0.5) is 8.78 Å². The highest BCUT2D eigenvalue weighted by Crippen LogP contribution is 2.11. The maximum atomic E-state index is 12.3. The minimum absolute atomic E-state index is 0.176. The Morgan fingerprint density at radius 1 is 1.45 bits per heavy atom. The summed E-state index contributed by atoms with van der Waals surface area (Å²) in [5.41, 5.74) is 0. The van der Waals surface area contributed by atoms with Crippen LogP contribution in [0.5, 0.6) is 0 Å². The first-order valence-electron chi connectivity index (χ1n) is 5.91. The molecule has 8 heteroatoms. The van der Waals surface area contributed by atoms with Crippen LogP contribution < -0.4 is 0 Å². The van der Waals surface area contributed by atoms with Crippen molar-refractivity contribution >= 4 is 23.2 Å². The molecule has 0 radical (unpaired) electrons. The molecule has 5 nitrogen and oxygen atoms in total. The van der Waals surface area contributed by atoms with Gasteiger partial charge in [0.15, 0.2) is 0 Å². The van der Waals surface area contributed by atoms with E-state index in [-0.39, 0.29) is 19.0 Å². The van der Waals surface area contributed by atoms with Gasteiger partial charge in [-0.25, -0.2) is 8.78 Å². The van der Waals surface area contributed by atoms with Gasteiger partial charge >= 0.3 is 0 Å². The minimum Gasteiger partial charge on any atom is -0.395 e. The number of rotatable bonds is 7. The van der Waals surface area contributed by atoms with Crippen molar-refractivity contribution < 1.29 is 23.5 Å². The molecule has 1 aromatic heterocycles. The summed E-state index contributed by atoms with van der Waals surface area (Å²) in [5.74, 6) is -0.957. The molecule has 1 aromatic rings. The fourth-order valence-electron chi connectivity index (χ4n) is 1.57. The molecule has 0 unspecified atom stereocenters. The molecular formula is C12H16F2N2O3S. The monoisotopic (exact) mass is 306 g/mol. The zero-order chi connectivity index (χ0) is 15.1. The Morgan fingerprint density at radius 2 is 2.15 bits per heavy atom. The van der Waals surface area contributed by atoms with E-state index in [4.69, 9.17) is 5.11 Å². The summed E-state index contributed by atoms with van der Waals surface area (Å²) in [5, 5.41) is 10.5. The van der Waals surface area contributed by atoms with Gasteiger partial charge in [0, 0.05) is 13.6 Å². The third-order valence-electron chi connectivity index (χ3n) is 2.53. The molecule has 20 heavy (non-hydrogen) atoms. The predicted molar refractivity (Wildman–Crippen MR) is 70.9 cm³/mol. The van der Waals surface area contributed by atoms with E-state index < -0.39 is 25.5 Å². The fraction of sp³-hybridized carbons (Fsp3) is 0.500. The van der Waals surface area contributed by atoms with Crippen LogP contribution in [0.1, 0.15) is 9.67 Å². The highest BCUT2D eigenvalue weighted by atomic mass is 32.1. The van der Waals surface area contributed by atoms with E-state index in [1.54, 1.807) is 17.5 Å². The number of thiophene rings is 1. The van der Waals surface area contributed by atoms with E-state index in [0.29, 0.717) is 4.88 Å². The zero-order valence-corrected chi connectivity index (χ0v) is 11.8. The Hall–Kier alpha value is -1.54. The van der Waals surface area contributed by atoms with Crippen LogP contribution in [0.2, 0.25) is 0 Å². The molecule has 1 heterocycles. The van der Waals surface area contributed by atoms with Gasteiger partial charge in [0.05, 0.1) is 24.6 Å². The van der Waals surface area contributed by atoms with Crippen molar-refractivity contribution in [1.82, 2.24) is 9.80 Å². The Labute approximate surface area is 119 Å². The molecule has 0 saturated heterocycles. The maximum absolute atomic E-state index is 12.3. The number of aliphatic hydroxyl groups is 1. The van der Waals surface area contributed by atoms with E-state index in [1.165, 1.54) is 23.3 Å². The van der Waals surface area contributed by atoms with Gasteiger partial charge in [0.25, 0.3) is 12.3 Å². The van der Waals surface area contributed by atoms with Crippen molar-refractivity contribution in [1.29, 1.82) is 0 Å². The minimum atomic E-state index is -2.68. The number of hydrogen-bond acceptors (Lipinski definition) is 4. The summed E-state index contributed by atoms with van der Waals surface area (Å²) in [6.07, 6.45) is -2.68. The average molecular weight is 306 g/mol. The van der Waals surface area contributed by atoms with Gasteiger partial charge in [-0.3, -0.25) is 9.59 Å². The molecule has 0 aromatic carbocycles. The summed E-state index contributed by atoms with van der Waals surface area (Å²) in [6, 6.07) is 3.33. The standard InChI is InChI=1S/C12H16F2N2O3S/c1-15(12(19)9-3-2-6-20-9)8-11(18)16(4-5-17)7-10(13)14/h2-3,6,10,17H,4-5,7-8H2,1H3. The molecule has 0 aliphatic carbocycles. The number of carbonyl (C=O) groups is 2. The summed E-state index contributed by atoms with van der Waals surface area (Å²) in [6.45, 7) is -1.63. The first-order valence-corrected chi connectivity index (χ1v) is 6.79. The van der Waals surface area contributed by atoms with Gasteiger partial charge in [-0.1, -0.05) is 6.07 Å². The molecule has 0 fully saturated rings. The van der Waals surface area contributed by atoms with Crippen molar-refractivity contribution in [2.24, 2.45) is 0 Å². The quantitative estimate of drug-likeness (QED) is 0.814. The zero-order valence-electron chi connectivity index (χ0n) is 11.0. The van der Waals surface area contributed by atoms with Crippen LogP contribution in [0.3, 0.4) is 0 Å². The smallest absolute Gasteiger partial charge is 0.264 e. The Kier molecular flexibility index (Phi) is 6.53. The summed E-state index contributed by atoms with van der Waals surface area (Å²) >= 11 is 1.24. The predicted octanol–water partition coefficient (Wildman–Crippen LogP) is 0.906. The van der Waals surface area contributed by atoms with Crippen molar-refractivity contribution in [2.45, 2.75) is 6.43 Å². The maximum Gasteiger partial charge on any atom is 0.264 e. The van der Waals surface area contributed by atoms with Crippen molar-refractivity contribution in [3.05, 3.63) is 22.4 Å². The van der Waals surface area contributed by atoms with Gasteiger partial charge in [0.1, 0.15) is 0 Å². The lowest BCUT2D eigenvalue weighted by Crippen LogP contribution is -2.44. The van der Waals surface area contributed by atoms with Crippen LogP contribution in [-0.4, -0.2) is 66.4 Å². The molecule has 2 amide bonds. The molecular weight excluding hydrogens is 290 g/mol. The molecule has 0 spiro atoms. The van der Waals surface area contributed by atoms with E-state index in [2.05, 4.69) is 0 Å². The normalized spacial score (nSPS) is 10.7. The lowest BCUT2D eigenvalue weighted by Gasteiger charge is -2.24. The molecule has 0 atom stereocenters. The SMILES string of the molecule is CN(CC(=O)N(CCO)CC(F)F)C(=O)c1cccs1. The number of alkyl halides is 2. The second-order valence-corrected chi connectivity index (χ2v) is 5.04. The second kappa shape index (κ2) is 7.91. The van der Waals surface area contributed by atoms with Gasteiger partial charge in [0.2, 0.25) is 5.91 Å². The summed E-state index contributed by atoms with van der Waals surface area (Å²) in [4.78, 5) is 26.3. The second-order valence-electron chi connectivity index (χ2n) is 4.09. The van der Waals surface area contributed by atoms with Crippen LogP contribution in [-0.2, 0) is 4.79 Å². The van der Waals surface area contributed by atoms with Crippen molar-refractivity contribution in [3.8, 4) is 0 Å². The first-order chi connectivity index (χ1) is 9.45. The average Bonchev–Trinajstić information content (AvgIpc) is 2.90. The number of aliphatic hydroxyl groups excluding tert-OH is 1. The number of amides is 2. The van der Waals surface area contributed by atoms with E-state index in [0.717, 1.165) is 4.90 Å². The van der Waals surface area contributed by atoms with Crippen molar-refractivity contribution in [3.63, 3.8) is 0 Å². The molecule has 0 aliphatic rings. The van der Waals surface area contributed by atoms with E-state index in [9.17, 15) is 18.4 Å². The van der Waals surface area contributed by atoms with E-state index in [1.807, 2.05) is 0 Å². The highest BCUT2D eigenvalue weighted by molar-refractivity contribution is 7.12. The number of halogens is 2. The number of hydrogen-bond donors (Lipinski definition) is 1. The Bertz CT molecular complexity index is 440. The topological polar surface area (TPSA) is 60.9 Å². The van der Waals surface area contributed by atoms with Gasteiger partial charge < -0.3 is 14.9 Å². The first kappa shape index (κ1) is 16.5. The Morgan fingerprint density at radius 3 is 2.65 bits per heavy atom. The number of nitrogens with zero attached hydrogens (tertiary/aromatic N) is 2. The molecule has 112 valence electrons. The summed E-state index contributed by atoms with van der Waals surface area (Å²) in [7, 11) is 1.43. The van der Waals surface area contributed by atoms with Crippen LogP contribution in [0.15, 0.2) is 17.5 Å². The molecule has 1 rings (SSSR count). The fourth-order valence-corrected chi connectivity index (χ4v) is 2.29. The van der Waals surface area contributed by atoms with Crippen LogP contribution >= 0.6 is 11.3 Å². The van der Waals surface area contributed by atoms with Gasteiger partial charge in [-0.15, -0.1) is 11.3 Å². The molecule has 0 bridgehead atoms.